The Kier molecular flexibility index (Phi) is 7.06. The van der Waals surface area contributed by atoms with Crippen molar-refractivity contribution in [3.05, 3.63) is 35.9 Å². The van der Waals surface area contributed by atoms with E-state index in [1.807, 2.05) is 37.3 Å². The van der Waals surface area contributed by atoms with E-state index in [1.165, 1.54) is 0 Å². The highest BCUT2D eigenvalue weighted by Gasteiger charge is 2.27. The van der Waals surface area contributed by atoms with Crippen molar-refractivity contribution in [1.29, 1.82) is 0 Å². The fourth-order valence-electron chi connectivity index (χ4n) is 2.33. The molecule has 0 bridgehead atoms. The zero-order valence-corrected chi connectivity index (χ0v) is 12.1. The van der Waals surface area contributed by atoms with Crippen LogP contribution in [0.4, 0.5) is 0 Å². The summed E-state index contributed by atoms with van der Waals surface area (Å²) < 4.78 is 5.98. The van der Waals surface area contributed by atoms with Crippen LogP contribution >= 0.6 is 0 Å². The van der Waals surface area contributed by atoms with Crippen molar-refractivity contribution >= 4 is 0 Å². The van der Waals surface area contributed by atoms with Gasteiger partial charge in [0.15, 0.2) is 0 Å². The molecule has 0 amide bonds. The van der Waals surface area contributed by atoms with Crippen molar-refractivity contribution in [3.63, 3.8) is 0 Å². The Morgan fingerprint density at radius 1 is 1.11 bits per heavy atom. The molecule has 2 N–H and O–H groups in total. The SMILES string of the molecule is CC(C)[C@@H](OCc1ccccc1)[C@@H](C)[C@H](O)CCO. The lowest BCUT2D eigenvalue weighted by molar-refractivity contribution is -0.0653. The van der Waals surface area contributed by atoms with E-state index in [2.05, 4.69) is 13.8 Å². The van der Waals surface area contributed by atoms with Crippen LogP contribution in [0, 0.1) is 11.8 Å². The van der Waals surface area contributed by atoms with Gasteiger partial charge in [0.25, 0.3) is 0 Å². The second-order valence-electron chi connectivity index (χ2n) is 5.44. The van der Waals surface area contributed by atoms with Gasteiger partial charge in [0.1, 0.15) is 0 Å². The predicted molar refractivity (Wildman–Crippen MR) is 76.7 cm³/mol. The van der Waals surface area contributed by atoms with Crippen LogP contribution in [0.3, 0.4) is 0 Å². The lowest BCUT2D eigenvalue weighted by Gasteiger charge is -2.31. The van der Waals surface area contributed by atoms with Gasteiger partial charge in [-0.05, 0) is 17.9 Å². The van der Waals surface area contributed by atoms with Gasteiger partial charge in [-0.3, -0.25) is 0 Å². The highest BCUT2D eigenvalue weighted by molar-refractivity contribution is 5.13. The maximum atomic E-state index is 9.99. The van der Waals surface area contributed by atoms with Gasteiger partial charge < -0.3 is 14.9 Å². The van der Waals surface area contributed by atoms with Crippen LogP contribution in [-0.4, -0.2) is 29.0 Å². The van der Waals surface area contributed by atoms with E-state index < -0.39 is 6.10 Å². The maximum absolute atomic E-state index is 9.99. The van der Waals surface area contributed by atoms with Crippen molar-refractivity contribution in [2.45, 2.75) is 46.0 Å². The van der Waals surface area contributed by atoms with Gasteiger partial charge in [0, 0.05) is 12.5 Å². The van der Waals surface area contributed by atoms with E-state index in [1.54, 1.807) is 0 Å². The molecule has 0 aromatic heterocycles. The van der Waals surface area contributed by atoms with Crippen LogP contribution in [-0.2, 0) is 11.3 Å². The smallest absolute Gasteiger partial charge is 0.0720 e. The molecule has 0 spiro atoms. The molecule has 0 radical (unpaired) electrons. The standard InChI is InChI=1S/C16H26O3/c1-12(2)16(13(3)15(18)9-10-17)19-11-14-7-5-4-6-8-14/h4-8,12-13,15-18H,9-11H2,1-3H3/t13-,15+,16+/m0/s1. The molecule has 0 aliphatic heterocycles. The second kappa shape index (κ2) is 8.31. The molecule has 0 heterocycles. The maximum Gasteiger partial charge on any atom is 0.0720 e. The van der Waals surface area contributed by atoms with Gasteiger partial charge in [0.05, 0.1) is 18.8 Å². The summed E-state index contributed by atoms with van der Waals surface area (Å²) >= 11 is 0. The van der Waals surface area contributed by atoms with Gasteiger partial charge in [0.2, 0.25) is 0 Å². The minimum absolute atomic E-state index is 0.00894. The number of aliphatic hydroxyl groups is 2. The Morgan fingerprint density at radius 3 is 2.26 bits per heavy atom. The molecule has 108 valence electrons. The predicted octanol–water partition coefficient (Wildman–Crippen LogP) is 2.61. The molecule has 0 saturated heterocycles. The Labute approximate surface area is 116 Å². The molecular formula is C16H26O3. The lowest BCUT2D eigenvalue weighted by Crippen LogP contribution is -2.35. The van der Waals surface area contributed by atoms with E-state index in [0.717, 1.165) is 5.56 Å². The average Bonchev–Trinajstić information content (AvgIpc) is 2.39. The van der Waals surface area contributed by atoms with E-state index >= 15 is 0 Å². The van der Waals surface area contributed by atoms with Gasteiger partial charge >= 0.3 is 0 Å². The van der Waals surface area contributed by atoms with E-state index in [9.17, 15) is 5.11 Å². The Bertz CT molecular complexity index is 337. The fraction of sp³-hybridized carbons (Fsp3) is 0.625. The number of hydrogen-bond donors (Lipinski definition) is 2. The molecule has 1 rings (SSSR count). The van der Waals surface area contributed by atoms with Gasteiger partial charge in [-0.1, -0.05) is 51.1 Å². The molecule has 3 heteroatoms. The summed E-state index contributed by atoms with van der Waals surface area (Å²) in [7, 11) is 0. The summed E-state index contributed by atoms with van der Waals surface area (Å²) in [6.45, 7) is 6.74. The molecule has 0 fully saturated rings. The molecule has 0 aliphatic carbocycles. The van der Waals surface area contributed by atoms with Crippen LogP contribution in [0.2, 0.25) is 0 Å². The number of benzene rings is 1. The first kappa shape index (κ1) is 16.2. The summed E-state index contributed by atoms with van der Waals surface area (Å²) in [6.07, 6.45) is -0.131. The number of ether oxygens (including phenoxy) is 1. The highest BCUT2D eigenvalue weighted by Crippen LogP contribution is 2.22. The van der Waals surface area contributed by atoms with Crippen LogP contribution in [0.25, 0.3) is 0 Å². The van der Waals surface area contributed by atoms with Crippen molar-refractivity contribution in [3.8, 4) is 0 Å². The second-order valence-corrected chi connectivity index (χ2v) is 5.44. The number of rotatable bonds is 8. The van der Waals surface area contributed by atoms with Gasteiger partial charge in [-0.2, -0.15) is 0 Å². The molecule has 0 saturated carbocycles. The van der Waals surface area contributed by atoms with E-state index in [0.29, 0.717) is 18.9 Å². The third kappa shape index (κ3) is 5.31. The molecule has 1 aromatic carbocycles. The Balaban J connectivity index is 2.57. The van der Waals surface area contributed by atoms with E-state index in [-0.39, 0.29) is 18.6 Å². The first-order chi connectivity index (χ1) is 9.06. The van der Waals surface area contributed by atoms with Crippen LogP contribution in [0.5, 0.6) is 0 Å². The van der Waals surface area contributed by atoms with Gasteiger partial charge in [-0.15, -0.1) is 0 Å². The molecule has 3 atom stereocenters. The molecule has 0 unspecified atom stereocenters. The Morgan fingerprint density at radius 2 is 1.74 bits per heavy atom. The Hall–Kier alpha value is -0.900. The minimum atomic E-state index is -0.520. The number of hydrogen-bond acceptors (Lipinski definition) is 3. The van der Waals surface area contributed by atoms with Gasteiger partial charge in [-0.25, -0.2) is 0 Å². The normalized spacial score (nSPS) is 16.3. The summed E-state index contributed by atoms with van der Waals surface area (Å²) in [5.41, 5.74) is 1.14. The van der Waals surface area contributed by atoms with Crippen molar-refractivity contribution < 1.29 is 14.9 Å². The summed E-state index contributed by atoms with van der Waals surface area (Å²) in [5.74, 6) is 0.336. The third-order valence-electron chi connectivity index (χ3n) is 3.49. The quantitative estimate of drug-likeness (QED) is 0.760. The summed E-state index contributed by atoms with van der Waals surface area (Å²) in [4.78, 5) is 0. The zero-order valence-electron chi connectivity index (χ0n) is 12.1. The first-order valence-corrected chi connectivity index (χ1v) is 7.00. The molecule has 0 aliphatic rings. The summed E-state index contributed by atoms with van der Waals surface area (Å²) in [5, 5.41) is 18.9. The molecule has 3 nitrogen and oxygen atoms in total. The lowest BCUT2D eigenvalue weighted by atomic mass is 9.89. The van der Waals surface area contributed by atoms with Crippen LogP contribution < -0.4 is 0 Å². The molecular weight excluding hydrogens is 240 g/mol. The third-order valence-corrected chi connectivity index (χ3v) is 3.49. The monoisotopic (exact) mass is 266 g/mol. The fourth-order valence-corrected chi connectivity index (χ4v) is 2.33. The molecule has 1 aromatic rings. The van der Waals surface area contributed by atoms with Crippen molar-refractivity contribution in [2.75, 3.05) is 6.61 Å². The summed E-state index contributed by atoms with van der Waals surface area (Å²) in [6, 6.07) is 10.0. The van der Waals surface area contributed by atoms with Crippen LogP contribution in [0.1, 0.15) is 32.8 Å². The first-order valence-electron chi connectivity index (χ1n) is 7.00. The van der Waals surface area contributed by atoms with Crippen LogP contribution in [0.15, 0.2) is 30.3 Å². The molecule has 19 heavy (non-hydrogen) atoms. The van der Waals surface area contributed by atoms with Crippen molar-refractivity contribution in [2.24, 2.45) is 11.8 Å². The highest BCUT2D eigenvalue weighted by atomic mass is 16.5. The topological polar surface area (TPSA) is 49.7 Å². The number of aliphatic hydroxyl groups excluding tert-OH is 2. The minimum Gasteiger partial charge on any atom is -0.396 e. The average molecular weight is 266 g/mol. The van der Waals surface area contributed by atoms with Crippen molar-refractivity contribution in [1.82, 2.24) is 0 Å². The van der Waals surface area contributed by atoms with E-state index in [4.69, 9.17) is 9.84 Å². The zero-order chi connectivity index (χ0) is 14.3. The largest absolute Gasteiger partial charge is 0.396 e.